The van der Waals surface area contributed by atoms with Crippen molar-refractivity contribution in [2.75, 3.05) is 14.1 Å². The van der Waals surface area contributed by atoms with E-state index in [-0.39, 0.29) is 5.91 Å². The van der Waals surface area contributed by atoms with E-state index >= 15 is 0 Å². The summed E-state index contributed by atoms with van der Waals surface area (Å²) in [6.45, 7) is 2.65. The summed E-state index contributed by atoms with van der Waals surface area (Å²) < 4.78 is 11.9. The zero-order valence-corrected chi connectivity index (χ0v) is 14.7. The first kappa shape index (κ1) is 17.2. The van der Waals surface area contributed by atoms with E-state index in [4.69, 9.17) is 9.31 Å². The van der Waals surface area contributed by atoms with Crippen LogP contribution in [0.25, 0.3) is 0 Å². The number of rotatable bonds is 5. The number of benzene rings is 2. The molecular weight excluding hydrogens is 315 g/mol. The van der Waals surface area contributed by atoms with Gasteiger partial charge in [0.1, 0.15) is 5.75 Å². The Morgan fingerprint density at radius 2 is 2.16 bits per heavy atom. The Labute approximate surface area is 148 Å². The van der Waals surface area contributed by atoms with Gasteiger partial charge in [0.15, 0.2) is 0 Å². The second-order valence-electron chi connectivity index (χ2n) is 6.09. The van der Waals surface area contributed by atoms with Crippen molar-refractivity contribution in [3.05, 3.63) is 59.2 Å². The van der Waals surface area contributed by atoms with Crippen molar-refractivity contribution in [2.45, 2.75) is 20.1 Å². The molecule has 2 aromatic carbocycles. The van der Waals surface area contributed by atoms with Crippen molar-refractivity contribution >= 4 is 24.7 Å². The van der Waals surface area contributed by atoms with Crippen LogP contribution in [0.2, 0.25) is 0 Å². The maximum Gasteiger partial charge on any atom is 0.563 e. The molecule has 5 nitrogen and oxygen atoms in total. The molecule has 0 radical (unpaired) electrons. The molecule has 0 aliphatic carbocycles. The Balaban J connectivity index is 1.83. The van der Waals surface area contributed by atoms with Crippen LogP contribution in [0.4, 0.5) is 0 Å². The molecule has 0 saturated carbocycles. The van der Waals surface area contributed by atoms with E-state index in [1.807, 2.05) is 36.4 Å². The van der Waals surface area contributed by atoms with Crippen LogP contribution in [0.3, 0.4) is 0 Å². The lowest BCUT2D eigenvalue weighted by Gasteiger charge is -2.16. The molecular formula is C19H21BN2O3. The average molecular weight is 336 g/mol. The smallest absolute Gasteiger partial charge is 0.532 e. The lowest BCUT2D eigenvalue weighted by Crippen LogP contribution is -2.36. The standard InChI is InChI=1S/C19H21BN2O3/c1-14(23)22(3)12-15-8-9-17-13-24-20(18(17)10-15)25-19-7-5-4-6-16(19)11-21-2/h4-11H,12-13H2,1-3H3. The molecule has 2 aromatic rings. The zero-order valence-electron chi connectivity index (χ0n) is 14.7. The summed E-state index contributed by atoms with van der Waals surface area (Å²) in [5.41, 5.74) is 4.09. The third-order valence-corrected chi connectivity index (χ3v) is 4.23. The van der Waals surface area contributed by atoms with Gasteiger partial charge in [0.2, 0.25) is 5.91 Å². The van der Waals surface area contributed by atoms with Gasteiger partial charge in [-0.3, -0.25) is 9.79 Å². The number of amides is 1. The SMILES string of the molecule is CN=Cc1ccccc1OB1OCc2ccc(CN(C)C(C)=O)cc21. The number of aliphatic imine (C=N–C) groups is 1. The van der Waals surface area contributed by atoms with Crippen molar-refractivity contribution in [3.8, 4) is 5.75 Å². The molecule has 3 rings (SSSR count). The van der Waals surface area contributed by atoms with E-state index in [2.05, 4.69) is 11.1 Å². The number of fused-ring (bicyclic) bond motifs is 1. The maximum atomic E-state index is 11.5. The van der Waals surface area contributed by atoms with Gasteiger partial charge in [-0.1, -0.05) is 30.3 Å². The number of carbonyl (C=O) groups is 1. The van der Waals surface area contributed by atoms with Gasteiger partial charge in [-0.05, 0) is 23.3 Å². The highest BCUT2D eigenvalue weighted by molar-refractivity contribution is 6.63. The summed E-state index contributed by atoms with van der Waals surface area (Å²) in [5, 5.41) is 0. The predicted molar refractivity (Wildman–Crippen MR) is 99.4 cm³/mol. The molecule has 0 N–H and O–H groups in total. The topological polar surface area (TPSA) is 51.1 Å². The summed E-state index contributed by atoms with van der Waals surface area (Å²) in [6, 6.07) is 13.9. The fourth-order valence-electron chi connectivity index (χ4n) is 2.78. The van der Waals surface area contributed by atoms with Crippen LogP contribution in [-0.4, -0.2) is 38.2 Å². The Hall–Kier alpha value is -2.60. The molecule has 0 saturated heterocycles. The molecule has 128 valence electrons. The van der Waals surface area contributed by atoms with Crippen LogP contribution in [0.5, 0.6) is 5.75 Å². The normalized spacial score (nSPS) is 13.2. The Kier molecular flexibility index (Phi) is 5.19. The molecule has 0 unspecified atom stereocenters. The van der Waals surface area contributed by atoms with Gasteiger partial charge in [0, 0.05) is 44.8 Å². The van der Waals surface area contributed by atoms with Crippen LogP contribution in [-0.2, 0) is 22.6 Å². The summed E-state index contributed by atoms with van der Waals surface area (Å²) in [4.78, 5) is 17.2. The molecule has 1 aliphatic rings. The minimum Gasteiger partial charge on any atom is -0.532 e. The predicted octanol–water partition coefficient (Wildman–Crippen LogP) is 2.02. The fourth-order valence-corrected chi connectivity index (χ4v) is 2.78. The number of carbonyl (C=O) groups excluding carboxylic acids is 1. The highest BCUT2D eigenvalue weighted by Crippen LogP contribution is 2.21. The molecule has 0 spiro atoms. The minimum atomic E-state index is -0.455. The second kappa shape index (κ2) is 7.53. The molecule has 25 heavy (non-hydrogen) atoms. The van der Waals surface area contributed by atoms with Crippen LogP contribution < -0.4 is 10.1 Å². The lowest BCUT2D eigenvalue weighted by molar-refractivity contribution is -0.128. The van der Waals surface area contributed by atoms with E-state index in [0.29, 0.717) is 13.2 Å². The number of hydrogen-bond donors (Lipinski definition) is 0. The van der Waals surface area contributed by atoms with Gasteiger partial charge in [0.25, 0.3) is 0 Å². The highest BCUT2D eigenvalue weighted by Gasteiger charge is 2.33. The van der Waals surface area contributed by atoms with E-state index < -0.39 is 7.12 Å². The quantitative estimate of drug-likeness (QED) is 0.620. The molecule has 1 aliphatic heterocycles. The lowest BCUT2D eigenvalue weighted by atomic mass is 9.78. The molecule has 6 heteroatoms. The minimum absolute atomic E-state index is 0.0392. The van der Waals surface area contributed by atoms with E-state index in [1.54, 1.807) is 32.1 Å². The number of hydrogen-bond acceptors (Lipinski definition) is 4. The van der Waals surface area contributed by atoms with Crippen LogP contribution >= 0.6 is 0 Å². The largest absolute Gasteiger partial charge is 0.563 e. The van der Waals surface area contributed by atoms with Gasteiger partial charge >= 0.3 is 7.12 Å². The van der Waals surface area contributed by atoms with E-state index in [9.17, 15) is 4.79 Å². The molecule has 0 fully saturated rings. The molecule has 0 aromatic heterocycles. The Morgan fingerprint density at radius 1 is 1.36 bits per heavy atom. The van der Waals surface area contributed by atoms with Crippen molar-refractivity contribution in [2.24, 2.45) is 4.99 Å². The van der Waals surface area contributed by atoms with Gasteiger partial charge in [-0.15, -0.1) is 0 Å². The van der Waals surface area contributed by atoms with Crippen LogP contribution in [0.15, 0.2) is 47.5 Å². The Morgan fingerprint density at radius 3 is 2.92 bits per heavy atom. The average Bonchev–Trinajstić information content (AvgIpc) is 2.99. The van der Waals surface area contributed by atoms with Gasteiger partial charge in [0.05, 0.1) is 6.61 Å². The second-order valence-corrected chi connectivity index (χ2v) is 6.09. The molecule has 1 heterocycles. The molecule has 0 atom stereocenters. The molecule has 1 amide bonds. The Bertz CT molecular complexity index is 807. The third-order valence-electron chi connectivity index (χ3n) is 4.23. The summed E-state index contributed by atoms with van der Waals surface area (Å²) in [7, 11) is 3.07. The summed E-state index contributed by atoms with van der Waals surface area (Å²) in [6.07, 6.45) is 1.77. The monoisotopic (exact) mass is 336 g/mol. The maximum absolute atomic E-state index is 11.5. The van der Waals surface area contributed by atoms with Crippen molar-refractivity contribution in [3.63, 3.8) is 0 Å². The van der Waals surface area contributed by atoms with E-state index in [1.165, 1.54) is 0 Å². The van der Waals surface area contributed by atoms with Gasteiger partial charge < -0.3 is 14.2 Å². The zero-order chi connectivity index (χ0) is 17.8. The first-order valence-electron chi connectivity index (χ1n) is 8.21. The van der Waals surface area contributed by atoms with Crippen LogP contribution in [0, 0.1) is 0 Å². The van der Waals surface area contributed by atoms with Crippen molar-refractivity contribution in [1.29, 1.82) is 0 Å². The van der Waals surface area contributed by atoms with Gasteiger partial charge in [-0.2, -0.15) is 0 Å². The van der Waals surface area contributed by atoms with Gasteiger partial charge in [-0.25, -0.2) is 0 Å². The molecule has 0 bridgehead atoms. The fraction of sp³-hybridized carbons (Fsp3) is 0.263. The number of para-hydroxylation sites is 1. The first-order valence-corrected chi connectivity index (χ1v) is 8.21. The van der Waals surface area contributed by atoms with Crippen molar-refractivity contribution in [1.82, 2.24) is 4.90 Å². The number of nitrogens with zero attached hydrogens (tertiary/aromatic N) is 2. The first-order chi connectivity index (χ1) is 12.1. The third kappa shape index (κ3) is 3.91. The highest BCUT2D eigenvalue weighted by atomic mass is 16.6. The van der Waals surface area contributed by atoms with E-state index in [0.717, 1.165) is 27.9 Å². The van der Waals surface area contributed by atoms with Crippen molar-refractivity contribution < 1.29 is 14.1 Å². The summed E-state index contributed by atoms with van der Waals surface area (Å²) >= 11 is 0. The summed E-state index contributed by atoms with van der Waals surface area (Å²) in [5.74, 6) is 0.773. The van der Waals surface area contributed by atoms with Crippen LogP contribution in [0.1, 0.15) is 23.6 Å².